The number of hydrogen-bond donors (Lipinski definition) is 1. The molecule has 3 nitrogen and oxygen atoms in total. The summed E-state index contributed by atoms with van der Waals surface area (Å²) >= 11 is 11.8. The smallest absolute Gasteiger partial charge is 0.339 e. The highest BCUT2D eigenvalue weighted by atomic mass is 35.5. The highest BCUT2D eigenvalue weighted by Crippen LogP contribution is 2.25. The van der Waals surface area contributed by atoms with Crippen molar-refractivity contribution in [1.29, 1.82) is 0 Å². The van der Waals surface area contributed by atoms with Gasteiger partial charge in [-0.25, -0.2) is 4.79 Å². The van der Waals surface area contributed by atoms with E-state index in [1.54, 1.807) is 30.3 Å². The van der Waals surface area contributed by atoms with E-state index in [0.29, 0.717) is 15.8 Å². The monoisotopic (exact) mass is 310 g/mol. The van der Waals surface area contributed by atoms with Crippen molar-refractivity contribution in [2.75, 3.05) is 0 Å². The van der Waals surface area contributed by atoms with Crippen molar-refractivity contribution in [2.45, 2.75) is 13.5 Å². The first-order chi connectivity index (χ1) is 9.47. The van der Waals surface area contributed by atoms with Crippen LogP contribution in [-0.4, -0.2) is 11.1 Å². The van der Waals surface area contributed by atoms with Gasteiger partial charge in [-0.1, -0.05) is 35.3 Å². The van der Waals surface area contributed by atoms with Gasteiger partial charge >= 0.3 is 5.97 Å². The lowest BCUT2D eigenvalue weighted by molar-refractivity contribution is 0.0692. The molecular formula is C15H12Cl2O3. The van der Waals surface area contributed by atoms with Crippen molar-refractivity contribution in [2.24, 2.45) is 0 Å². The lowest BCUT2D eigenvalue weighted by Crippen LogP contribution is -2.03. The maximum absolute atomic E-state index is 11.1. The number of carboxylic acid groups (broad SMARTS) is 1. The summed E-state index contributed by atoms with van der Waals surface area (Å²) in [5.41, 5.74) is 1.88. The molecular weight excluding hydrogens is 299 g/mol. The fourth-order valence-electron chi connectivity index (χ4n) is 1.72. The van der Waals surface area contributed by atoms with Crippen molar-refractivity contribution < 1.29 is 14.6 Å². The Hall–Kier alpha value is -1.71. The average molecular weight is 311 g/mol. The molecule has 0 aliphatic heterocycles. The van der Waals surface area contributed by atoms with Crippen LogP contribution in [0.3, 0.4) is 0 Å². The Morgan fingerprint density at radius 2 is 1.90 bits per heavy atom. The Morgan fingerprint density at radius 1 is 1.15 bits per heavy atom. The third kappa shape index (κ3) is 3.44. The number of ether oxygens (including phenoxy) is 1. The predicted molar refractivity (Wildman–Crippen MR) is 78.9 cm³/mol. The van der Waals surface area contributed by atoms with Crippen LogP contribution < -0.4 is 4.74 Å². The molecule has 0 fully saturated rings. The Balaban J connectivity index is 2.20. The van der Waals surface area contributed by atoms with E-state index in [2.05, 4.69) is 0 Å². The fraction of sp³-hybridized carbons (Fsp3) is 0.133. The first-order valence-electron chi connectivity index (χ1n) is 5.88. The number of carboxylic acids is 1. The van der Waals surface area contributed by atoms with E-state index < -0.39 is 5.97 Å². The summed E-state index contributed by atoms with van der Waals surface area (Å²) in [7, 11) is 0. The molecule has 1 N–H and O–H groups in total. The molecule has 0 aromatic heterocycles. The van der Waals surface area contributed by atoms with E-state index in [0.717, 1.165) is 11.1 Å². The maximum Gasteiger partial charge on any atom is 0.339 e. The highest BCUT2D eigenvalue weighted by Gasteiger charge is 2.11. The second-order valence-electron chi connectivity index (χ2n) is 4.34. The minimum absolute atomic E-state index is 0.135. The van der Waals surface area contributed by atoms with Gasteiger partial charge in [0.15, 0.2) is 0 Å². The SMILES string of the molecule is Cc1ccc(C(=O)O)c(OCc2ccc(Cl)c(Cl)c2)c1. The maximum atomic E-state index is 11.1. The number of hydrogen-bond acceptors (Lipinski definition) is 2. The highest BCUT2D eigenvalue weighted by molar-refractivity contribution is 6.42. The molecule has 0 radical (unpaired) electrons. The minimum Gasteiger partial charge on any atom is -0.488 e. The van der Waals surface area contributed by atoms with Crippen LogP contribution in [0.25, 0.3) is 0 Å². The van der Waals surface area contributed by atoms with Gasteiger partial charge in [-0.3, -0.25) is 0 Å². The number of aryl methyl sites for hydroxylation is 1. The summed E-state index contributed by atoms with van der Waals surface area (Å²) in [6.45, 7) is 2.10. The molecule has 0 aliphatic carbocycles. The van der Waals surface area contributed by atoms with Crippen molar-refractivity contribution in [3.05, 3.63) is 63.1 Å². The second-order valence-corrected chi connectivity index (χ2v) is 5.16. The van der Waals surface area contributed by atoms with Crippen LogP contribution in [0.5, 0.6) is 5.75 Å². The third-order valence-corrected chi connectivity index (χ3v) is 3.48. The molecule has 2 rings (SSSR count). The number of benzene rings is 2. The Kier molecular flexibility index (Phi) is 4.53. The van der Waals surface area contributed by atoms with Crippen molar-refractivity contribution in [1.82, 2.24) is 0 Å². The van der Waals surface area contributed by atoms with Crippen LogP contribution in [0.4, 0.5) is 0 Å². The number of rotatable bonds is 4. The number of halogens is 2. The molecule has 0 saturated carbocycles. The fourth-order valence-corrected chi connectivity index (χ4v) is 2.04. The van der Waals surface area contributed by atoms with Crippen LogP contribution in [0.2, 0.25) is 10.0 Å². The molecule has 0 aliphatic rings. The third-order valence-electron chi connectivity index (χ3n) is 2.75. The lowest BCUT2D eigenvalue weighted by Gasteiger charge is -2.10. The van der Waals surface area contributed by atoms with Gasteiger partial charge < -0.3 is 9.84 Å². The molecule has 2 aromatic carbocycles. The van der Waals surface area contributed by atoms with Gasteiger partial charge in [0, 0.05) is 0 Å². The molecule has 0 heterocycles. The van der Waals surface area contributed by atoms with E-state index >= 15 is 0 Å². The topological polar surface area (TPSA) is 46.5 Å². The molecule has 0 spiro atoms. The van der Waals surface area contributed by atoms with Crippen LogP contribution in [0.15, 0.2) is 36.4 Å². The standard InChI is InChI=1S/C15H12Cl2O3/c1-9-2-4-11(15(18)19)14(6-9)20-8-10-3-5-12(16)13(17)7-10/h2-7H,8H2,1H3,(H,18,19). The normalized spacial score (nSPS) is 10.3. The van der Waals surface area contributed by atoms with E-state index in [4.69, 9.17) is 33.0 Å². The Morgan fingerprint density at radius 3 is 2.55 bits per heavy atom. The van der Waals surface area contributed by atoms with Crippen LogP contribution in [0, 0.1) is 6.92 Å². The first-order valence-corrected chi connectivity index (χ1v) is 6.63. The lowest BCUT2D eigenvalue weighted by atomic mass is 10.1. The van der Waals surface area contributed by atoms with Crippen molar-refractivity contribution in [3.8, 4) is 5.75 Å². The van der Waals surface area contributed by atoms with Crippen LogP contribution >= 0.6 is 23.2 Å². The van der Waals surface area contributed by atoms with Crippen molar-refractivity contribution in [3.63, 3.8) is 0 Å². The number of carbonyl (C=O) groups is 1. The zero-order valence-electron chi connectivity index (χ0n) is 10.7. The van der Waals surface area contributed by atoms with Gasteiger partial charge in [0.1, 0.15) is 17.9 Å². The van der Waals surface area contributed by atoms with Gasteiger partial charge in [0.05, 0.1) is 10.0 Å². The minimum atomic E-state index is -1.02. The molecule has 0 unspecified atom stereocenters. The van der Waals surface area contributed by atoms with Gasteiger partial charge in [0.25, 0.3) is 0 Å². The van der Waals surface area contributed by atoms with Crippen molar-refractivity contribution >= 4 is 29.2 Å². The molecule has 0 atom stereocenters. The van der Waals surface area contributed by atoms with Gasteiger partial charge in [0.2, 0.25) is 0 Å². The summed E-state index contributed by atoms with van der Waals surface area (Å²) in [4.78, 5) is 11.1. The molecule has 5 heteroatoms. The molecule has 0 bridgehead atoms. The predicted octanol–water partition coefficient (Wildman–Crippen LogP) is 4.58. The summed E-state index contributed by atoms with van der Waals surface area (Å²) in [5, 5.41) is 10.0. The van der Waals surface area contributed by atoms with E-state index in [9.17, 15) is 4.79 Å². The largest absolute Gasteiger partial charge is 0.488 e. The van der Waals surface area contributed by atoms with Gasteiger partial charge in [-0.2, -0.15) is 0 Å². The molecule has 2 aromatic rings. The van der Waals surface area contributed by atoms with E-state index in [1.165, 1.54) is 6.07 Å². The molecule has 0 saturated heterocycles. The summed E-state index contributed by atoms with van der Waals surface area (Å²) in [5.74, 6) is -0.683. The second kappa shape index (κ2) is 6.16. The van der Waals surface area contributed by atoms with Gasteiger partial charge in [-0.05, 0) is 42.3 Å². The first kappa shape index (κ1) is 14.7. The number of aromatic carboxylic acids is 1. The average Bonchev–Trinajstić information content (AvgIpc) is 2.40. The summed E-state index contributed by atoms with van der Waals surface area (Å²) in [6.07, 6.45) is 0. The zero-order valence-corrected chi connectivity index (χ0v) is 12.2. The zero-order chi connectivity index (χ0) is 14.7. The van der Waals surface area contributed by atoms with Crippen LogP contribution in [-0.2, 0) is 6.61 Å². The Labute approximate surface area is 126 Å². The molecule has 104 valence electrons. The summed E-state index contributed by atoms with van der Waals surface area (Å²) < 4.78 is 5.58. The van der Waals surface area contributed by atoms with E-state index in [-0.39, 0.29) is 12.2 Å². The van der Waals surface area contributed by atoms with Gasteiger partial charge in [-0.15, -0.1) is 0 Å². The molecule has 0 amide bonds. The quantitative estimate of drug-likeness (QED) is 0.899. The molecule has 20 heavy (non-hydrogen) atoms. The Bertz CT molecular complexity index is 654. The summed E-state index contributed by atoms with van der Waals surface area (Å²) in [6, 6.07) is 10.1. The van der Waals surface area contributed by atoms with E-state index in [1.807, 2.05) is 6.92 Å². The van der Waals surface area contributed by atoms with Crippen LogP contribution in [0.1, 0.15) is 21.5 Å².